The highest BCUT2D eigenvalue weighted by molar-refractivity contribution is 6.53. The van der Waals surface area contributed by atoms with Crippen molar-refractivity contribution in [1.82, 2.24) is 9.80 Å². The van der Waals surface area contributed by atoms with Crippen LogP contribution in [0.15, 0.2) is 29.8 Å². The second-order valence-electron chi connectivity index (χ2n) is 9.58. The molecule has 2 saturated heterocycles. The van der Waals surface area contributed by atoms with Crippen molar-refractivity contribution in [3.63, 3.8) is 0 Å². The highest BCUT2D eigenvalue weighted by Gasteiger charge is 2.75. The number of hydrogen-bond acceptors (Lipinski definition) is 6. The average molecular weight is 521 g/mol. The molecule has 186 valence electrons. The Balaban J connectivity index is 1.73. The molecule has 8 nitrogen and oxygen atoms in total. The maximum Gasteiger partial charge on any atom is 0.253 e. The van der Waals surface area contributed by atoms with Crippen LogP contribution < -0.4 is 4.74 Å². The first-order chi connectivity index (χ1) is 16.5. The molecule has 2 aliphatic carbocycles. The van der Waals surface area contributed by atoms with Gasteiger partial charge in [0.25, 0.3) is 11.8 Å². The van der Waals surface area contributed by atoms with Crippen molar-refractivity contribution in [1.29, 1.82) is 0 Å². The van der Waals surface area contributed by atoms with E-state index >= 15 is 0 Å². The molecule has 0 aromatic heterocycles. The van der Waals surface area contributed by atoms with Crippen LogP contribution in [0.2, 0.25) is 0 Å². The number of amides is 4. The maximum absolute atomic E-state index is 13.5. The number of benzene rings is 1. The standard InChI is InChI=1S/C25H26Cl2N2O6/c1-4-29-20(31)14-8-7-13-15(18(14)21(29)32)11-24(26)22(33)28(3)23(34)25(24,27)19(13)12-6-9-16(30)17(10-12)35-5-2/h6-7,9-10,14-15,18-19,30H,4-5,8,11H2,1-3H3/t14-,15+,18-,19-,24+,25-/m0/s1. The van der Waals surface area contributed by atoms with Crippen molar-refractivity contribution in [3.8, 4) is 11.5 Å². The van der Waals surface area contributed by atoms with Gasteiger partial charge in [0.2, 0.25) is 11.8 Å². The highest BCUT2D eigenvalue weighted by Crippen LogP contribution is 2.65. The third kappa shape index (κ3) is 2.93. The fraction of sp³-hybridized carbons (Fsp3) is 0.520. The Morgan fingerprint density at radius 2 is 1.80 bits per heavy atom. The van der Waals surface area contributed by atoms with Gasteiger partial charge in [0.05, 0.1) is 18.4 Å². The Bertz CT molecular complexity index is 1200. The molecule has 1 N–H and O–H groups in total. The summed E-state index contributed by atoms with van der Waals surface area (Å²) in [4.78, 5) is 51.7. The molecule has 0 radical (unpaired) electrons. The summed E-state index contributed by atoms with van der Waals surface area (Å²) in [7, 11) is 1.35. The molecule has 2 heterocycles. The molecule has 6 atom stereocenters. The van der Waals surface area contributed by atoms with E-state index in [4.69, 9.17) is 27.9 Å². The van der Waals surface area contributed by atoms with Gasteiger partial charge in [-0.25, -0.2) is 0 Å². The number of phenolic OH excluding ortho intramolecular Hbond substituents is 1. The van der Waals surface area contributed by atoms with Crippen LogP contribution in [0, 0.1) is 17.8 Å². The van der Waals surface area contributed by atoms with Gasteiger partial charge in [-0.05, 0) is 50.3 Å². The van der Waals surface area contributed by atoms with Gasteiger partial charge < -0.3 is 9.84 Å². The lowest BCUT2D eigenvalue weighted by molar-refractivity contribution is -0.141. The Morgan fingerprint density at radius 1 is 1.09 bits per heavy atom. The van der Waals surface area contributed by atoms with E-state index in [1.165, 1.54) is 18.0 Å². The average Bonchev–Trinajstić information content (AvgIpc) is 3.15. The third-order valence-corrected chi connectivity index (χ3v) is 9.45. The molecule has 5 rings (SSSR count). The lowest BCUT2D eigenvalue weighted by Crippen LogP contribution is -2.60. The molecule has 0 bridgehead atoms. The zero-order valence-corrected chi connectivity index (χ0v) is 21.1. The molecule has 1 aromatic carbocycles. The molecular weight excluding hydrogens is 495 g/mol. The van der Waals surface area contributed by atoms with Crippen LogP contribution in [-0.2, 0) is 19.2 Å². The van der Waals surface area contributed by atoms with Crippen molar-refractivity contribution in [2.24, 2.45) is 17.8 Å². The lowest BCUT2D eigenvalue weighted by Gasteiger charge is -2.50. The van der Waals surface area contributed by atoms with Gasteiger partial charge in [-0.3, -0.25) is 29.0 Å². The van der Waals surface area contributed by atoms with Gasteiger partial charge in [-0.2, -0.15) is 0 Å². The molecule has 1 aromatic rings. The summed E-state index contributed by atoms with van der Waals surface area (Å²) in [6.45, 7) is 4.08. The zero-order valence-electron chi connectivity index (χ0n) is 19.6. The Labute approximate surface area is 212 Å². The van der Waals surface area contributed by atoms with Crippen molar-refractivity contribution in [2.75, 3.05) is 20.2 Å². The van der Waals surface area contributed by atoms with Crippen LogP contribution in [0.5, 0.6) is 11.5 Å². The van der Waals surface area contributed by atoms with E-state index < -0.39 is 45.2 Å². The number of likely N-dealkylation sites (tertiary alicyclic amines) is 2. The Kier molecular flexibility index (Phi) is 5.49. The minimum absolute atomic E-state index is 0.0383. The molecule has 0 unspecified atom stereocenters. The molecule has 1 saturated carbocycles. The summed E-state index contributed by atoms with van der Waals surface area (Å²) in [6.07, 6.45) is 2.17. The van der Waals surface area contributed by atoms with Gasteiger partial charge in [0.15, 0.2) is 21.2 Å². The van der Waals surface area contributed by atoms with E-state index in [2.05, 4.69) is 0 Å². The van der Waals surface area contributed by atoms with Gasteiger partial charge in [-0.1, -0.05) is 17.7 Å². The van der Waals surface area contributed by atoms with Crippen molar-refractivity contribution < 1.29 is 29.0 Å². The number of aromatic hydroxyl groups is 1. The first-order valence-electron chi connectivity index (χ1n) is 11.7. The van der Waals surface area contributed by atoms with Crippen LogP contribution in [0.25, 0.3) is 0 Å². The number of halogens is 2. The summed E-state index contributed by atoms with van der Waals surface area (Å²) in [5.74, 6) is -4.29. The fourth-order valence-corrected chi connectivity index (χ4v) is 7.50. The highest BCUT2D eigenvalue weighted by atomic mass is 35.5. The van der Waals surface area contributed by atoms with E-state index in [-0.39, 0.29) is 36.3 Å². The SMILES string of the molecule is CCOc1cc([C@H]2C3=CC[C@@H]4C(=O)N(CC)C(=O)[C@@H]4[C@@H]3C[C@@]3(Cl)C(=O)N(C)C(=O)[C@@]23Cl)ccc1O. The Morgan fingerprint density at radius 3 is 2.46 bits per heavy atom. The van der Waals surface area contributed by atoms with Crippen LogP contribution in [-0.4, -0.2) is 68.5 Å². The minimum atomic E-state index is -1.86. The molecule has 2 aliphatic heterocycles. The van der Waals surface area contributed by atoms with Crippen molar-refractivity contribution in [2.45, 2.75) is 42.4 Å². The zero-order chi connectivity index (χ0) is 25.4. The number of carbonyl (C=O) groups is 4. The van der Waals surface area contributed by atoms with Crippen LogP contribution in [0.4, 0.5) is 0 Å². The normalized spacial score (nSPS) is 36.2. The predicted molar refractivity (Wildman–Crippen MR) is 127 cm³/mol. The summed E-state index contributed by atoms with van der Waals surface area (Å²) in [6, 6.07) is 4.66. The van der Waals surface area contributed by atoms with Crippen molar-refractivity contribution in [3.05, 3.63) is 35.4 Å². The Hall–Kier alpha value is -2.58. The maximum atomic E-state index is 13.5. The first-order valence-corrected chi connectivity index (χ1v) is 12.5. The monoisotopic (exact) mass is 520 g/mol. The van der Waals surface area contributed by atoms with E-state index in [1.807, 2.05) is 6.08 Å². The molecule has 0 spiro atoms. The predicted octanol–water partition coefficient (Wildman–Crippen LogP) is 2.80. The van der Waals surface area contributed by atoms with Crippen LogP contribution in [0.1, 0.15) is 38.2 Å². The van der Waals surface area contributed by atoms with Gasteiger partial charge >= 0.3 is 0 Å². The van der Waals surface area contributed by atoms with Crippen molar-refractivity contribution >= 4 is 46.8 Å². The quantitative estimate of drug-likeness (QED) is 0.371. The number of phenols is 1. The number of carbonyl (C=O) groups excluding carboxylic acids is 4. The van der Waals surface area contributed by atoms with Gasteiger partial charge in [-0.15, -0.1) is 23.2 Å². The fourth-order valence-electron chi connectivity index (χ4n) is 6.48. The molecule has 10 heteroatoms. The van der Waals surface area contributed by atoms with Crippen LogP contribution >= 0.6 is 23.2 Å². The van der Waals surface area contributed by atoms with E-state index in [1.54, 1.807) is 26.0 Å². The van der Waals surface area contributed by atoms with E-state index in [9.17, 15) is 24.3 Å². The molecular formula is C25H26Cl2N2O6. The van der Waals surface area contributed by atoms with Gasteiger partial charge in [0.1, 0.15) is 0 Å². The second-order valence-corrected chi connectivity index (χ2v) is 10.8. The van der Waals surface area contributed by atoms with Gasteiger partial charge in [0, 0.05) is 19.5 Å². The first kappa shape index (κ1) is 24.1. The molecule has 3 fully saturated rings. The number of alkyl halides is 2. The summed E-state index contributed by atoms with van der Waals surface area (Å²) < 4.78 is 5.56. The number of rotatable bonds is 4. The second kappa shape index (κ2) is 7.96. The number of hydrogen-bond donors (Lipinski definition) is 1. The third-order valence-electron chi connectivity index (χ3n) is 8.04. The number of nitrogens with zero attached hydrogens (tertiary/aromatic N) is 2. The smallest absolute Gasteiger partial charge is 0.253 e. The number of fused-ring (bicyclic) bond motifs is 4. The number of allylic oxidation sites excluding steroid dienone is 2. The summed E-state index contributed by atoms with van der Waals surface area (Å²) in [5.41, 5.74) is 1.24. The molecule has 35 heavy (non-hydrogen) atoms. The molecule has 4 amide bonds. The van der Waals surface area contributed by atoms with E-state index in [0.717, 1.165) is 4.90 Å². The van der Waals surface area contributed by atoms with E-state index in [0.29, 0.717) is 24.2 Å². The summed E-state index contributed by atoms with van der Waals surface area (Å²) >= 11 is 14.2. The lowest BCUT2D eigenvalue weighted by atomic mass is 9.56. The number of imide groups is 2. The topological polar surface area (TPSA) is 104 Å². The summed E-state index contributed by atoms with van der Waals surface area (Å²) in [5, 5.41) is 10.3. The minimum Gasteiger partial charge on any atom is -0.504 e. The number of ether oxygens (including phenoxy) is 1. The largest absolute Gasteiger partial charge is 0.504 e. The molecule has 4 aliphatic rings. The van der Waals surface area contributed by atoms with Crippen LogP contribution in [0.3, 0.4) is 0 Å².